The number of hydrogen-bond donors (Lipinski definition) is 0. The van der Waals surface area contributed by atoms with Crippen molar-refractivity contribution in [1.29, 1.82) is 0 Å². The van der Waals surface area contributed by atoms with Crippen molar-refractivity contribution < 1.29 is 4.43 Å². The highest BCUT2D eigenvalue weighted by atomic mass is 28.4. The average molecular weight is 189 g/mol. The molecule has 0 aliphatic carbocycles. The molecule has 0 unspecified atom stereocenters. The highest BCUT2D eigenvalue weighted by Gasteiger charge is 2.15. The van der Waals surface area contributed by atoms with Crippen LogP contribution in [0.2, 0.25) is 39.3 Å². The SMILES string of the molecule is C[Si](C)(C)N=CO[Si](C)(C)C. The summed E-state index contributed by atoms with van der Waals surface area (Å²) in [4.78, 5) is 0. The van der Waals surface area contributed by atoms with E-state index in [0.29, 0.717) is 0 Å². The second-order valence-electron chi connectivity index (χ2n) is 4.64. The quantitative estimate of drug-likeness (QED) is 0.380. The summed E-state index contributed by atoms with van der Waals surface area (Å²) >= 11 is 0. The molecule has 0 aliphatic rings. The Labute approximate surface area is 71.9 Å². The summed E-state index contributed by atoms with van der Waals surface area (Å²) in [6.45, 7) is 13.0. The van der Waals surface area contributed by atoms with Gasteiger partial charge in [-0.05, 0) is 39.3 Å². The monoisotopic (exact) mass is 189 g/mol. The molecule has 0 spiro atoms. The summed E-state index contributed by atoms with van der Waals surface area (Å²) in [7, 11) is -2.67. The van der Waals surface area contributed by atoms with Gasteiger partial charge in [0.25, 0.3) is 0 Å². The van der Waals surface area contributed by atoms with Crippen LogP contribution in [0, 0.1) is 0 Å². The van der Waals surface area contributed by atoms with E-state index in [2.05, 4.69) is 43.9 Å². The molecule has 0 aromatic rings. The summed E-state index contributed by atoms with van der Waals surface area (Å²) in [6, 6.07) is 0. The van der Waals surface area contributed by atoms with E-state index in [-0.39, 0.29) is 0 Å². The molecule has 0 atom stereocenters. The average Bonchev–Trinajstić information content (AvgIpc) is 1.55. The minimum absolute atomic E-state index is 1.29. The Morgan fingerprint density at radius 2 is 1.45 bits per heavy atom. The Morgan fingerprint density at radius 1 is 1.00 bits per heavy atom. The molecule has 0 rings (SSSR count). The van der Waals surface area contributed by atoms with E-state index in [1.165, 1.54) is 0 Å². The zero-order valence-electron chi connectivity index (χ0n) is 8.43. The van der Waals surface area contributed by atoms with Crippen molar-refractivity contribution in [2.45, 2.75) is 39.3 Å². The topological polar surface area (TPSA) is 21.6 Å². The van der Waals surface area contributed by atoms with Gasteiger partial charge < -0.3 is 4.43 Å². The third-order valence-corrected chi connectivity index (χ3v) is 2.54. The summed E-state index contributed by atoms with van der Waals surface area (Å²) in [5.74, 6) is 0. The zero-order chi connectivity index (χ0) is 9.12. The molecule has 11 heavy (non-hydrogen) atoms. The maximum absolute atomic E-state index is 5.49. The molecule has 2 nitrogen and oxygen atoms in total. The van der Waals surface area contributed by atoms with E-state index in [1.54, 1.807) is 6.40 Å². The van der Waals surface area contributed by atoms with Crippen LogP contribution in [0.25, 0.3) is 0 Å². The van der Waals surface area contributed by atoms with Gasteiger partial charge >= 0.3 is 0 Å². The highest BCUT2D eigenvalue weighted by Crippen LogP contribution is 2.03. The second kappa shape index (κ2) is 3.53. The fraction of sp³-hybridized carbons (Fsp3) is 0.857. The minimum Gasteiger partial charge on any atom is -0.537 e. The third kappa shape index (κ3) is 9.90. The molecule has 4 heteroatoms. The molecule has 0 saturated heterocycles. The summed E-state index contributed by atoms with van der Waals surface area (Å²) in [5.41, 5.74) is 0. The van der Waals surface area contributed by atoms with Crippen molar-refractivity contribution in [3.05, 3.63) is 0 Å². The lowest BCUT2D eigenvalue weighted by atomic mass is 11.6. The number of nitrogens with zero attached hydrogens (tertiary/aromatic N) is 1. The molecule has 0 radical (unpaired) electrons. The lowest BCUT2D eigenvalue weighted by Crippen LogP contribution is -2.26. The molecular weight excluding hydrogens is 170 g/mol. The van der Waals surface area contributed by atoms with Gasteiger partial charge in [0.05, 0.1) is 0 Å². The first-order valence-electron chi connectivity index (χ1n) is 3.92. The molecule has 0 N–H and O–H groups in total. The predicted molar refractivity (Wildman–Crippen MR) is 56.3 cm³/mol. The second-order valence-corrected chi connectivity index (χ2v) is 13.7. The number of hydrogen-bond acceptors (Lipinski definition) is 2. The van der Waals surface area contributed by atoms with E-state index in [1.807, 2.05) is 0 Å². The van der Waals surface area contributed by atoms with E-state index in [0.717, 1.165) is 0 Å². The lowest BCUT2D eigenvalue weighted by Gasteiger charge is -2.16. The summed E-state index contributed by atoms with van der Waals surface area (Å²) in [5, 5.41) is 0. The maximum Gasteiger partial charge on any atom is 0.243 e. The Balaban J connectivity index is 3.80. The van der Waals surface area contributed by atoms with Crippen molar-refractivity contribution in [1.82, 2.24) is 0 Å². The number of rotatable bonds is 3. The van der Waals surface area contributed by atoms with Crippen molar-refractivity contribution in [3.63, 3.8) is 0 Å². The first-order chi connectivity index (χ1) is 4.71. The predicted octanol–water partition coefficient (Wildman–Crippen LogP) is 2.70. The molecule has 66 valence electrons. The van der Waals surface area contributed by atoms with Gasteiger partial charge in [0.1, 0.15) is 6.40 Å². The molecule has 0 amide bonds. The largest absolute Gasteiger partial charge is 0.537 e. The van der Waals surface area contributed by atoms with Gasteiger partial charge in [-0.1, -0.05) is 0 Å². The molecule has 0 bridgehead atoms. The molecule has 0 heterocycles. The van der Waals surface area contributed by atoms with E-state index >= 15 is 0 Å². The van der Waals surface area contributed by atoms with Crippen LogP contribution in [0.5, 0.6) is 0 Å². The van der Waals surface area contributed by atoms with E-state index in [4.69, 9.17) is 4.43 Å². The van der Waals surface area contributed by atoms with Gasteiger partial charge in [0.15, 0.2) is 8.24 Å². The first kappa shape index (κ1) is 10.9. The summed E-state index contributed by atoms with van der Waals surface area (Å²) < 4.78 is 9.86. The van der Waals surface area contributed by atoms with Gasteiger partial charge in [-0.15, -0.1) is 0 Å². The van der Waals surface area contributed by atoms with Crippen molar-refractivity contribution >= 4 is 23.0 Å². The van der Waals surface area contributed by atoms with Crippen LogP contribution in [0.3, 0.4) is 0 Å². The molecule has 0 fully saturated rings. The van der Waals surface area contributed by atoms with Gasteiger partial charge in [0, 0.05) is 0 Å². The molecule has 0 saturated carbocycles. The van der Waals surface area contributed by atoms with Crippen LogP contribution in [0.4, 0.5) is 0 Å². The van der Waals surface area contributed by atoms with Crippen LogP contribution < -0.4 is 0 Å². The van der Waals surface area contributed by atoms with Gasteiger partial charge in [-0.3, -0.25) is 4.66 Å². The first-order valence-corrected chi connectivity index (χ1v) is 10.8. The highest BCUT2D eigenvalue weighted by molar-refractivity contribution is 6.75. The van der Waals surface area contributed by atoms with E-state index in [9.17, 15) is 0 Å². The fourth-order valence-corrected chi connectivity index (χ4v) is 1.19. The molecule has 0 aromatic heterocycles. The van der Waals surface area contributed by atoms with Gasteiger partial charge in [-0.2, -0.15) is 0 Å². The van der Waals surface area contributed by atoms with Crippen LogP contribution >= 0.6 is 0 Å². The standard InChI is InChI=1S/C7H19NOSi2/c1-10(2,3)8-7-9-11(4,5)6/h7H,1-6H3. The maximum atomic E-state index is 5.49. The van der Waals surface area contributed by atoms with Gasteiger partial charge in [0.2, 0.25) is 8.32 Å². The van der Waals surface area contributed by atoms with Crippen molar-refractivity contribution in [2.24, 2.45) is 4.66 Å². The Morgan fingerprint density at radius 3 is 1.73 bits per heavy atom. The molecular formula is C7H19NOSi2. The van der Waals surface area contributed by atoms with Crippen LogP contribution in [-0.2, 0) is 4.43 Å². The fourth-order valence-electron chi connectivity index (χ4n) is 0.343. The Bertz CT molecular complexity index is 144. The lowest BCUT2D eigenvalue weighted by molar-refractivity contribution is 0.577. The van der Waals surface area contributed by atoms with Crippen molar-refractivity contribution in [3.8, 4) is 0 Å². The molecule has 0 aliphatic heterocycles. The van der Waals surface area contributed by atoms with Crippen LogP contribution in [-0.4, -0.2) is 23.0 Å². The summed E-state index contributed by atoms with van der Waals surface area (Å²) in [6.07, 6.45) is 1.67. The Kier molecular flexibility index (Phi) is 3.50. The van der Waals surface area contributed by atoms with Crippen LogP contribution in [0.15, 0.2) is 4.66 Å². The van der Waals surface area contributed by atoms with Crippen molar-refractivity contribution in [2.75, 3.05) is 0 Å². The zero-order valence-corrected chi connectivity index (χ0v) is 10.4. The smallest absolute Gasteiger partial charge is 0.243 e. The van der Waals surface area contributed by atoms with Gasteiger partial charge in [-0.25, -0.2) is 0 Å². The normalized spacial score (nSPS) is 14.0. The third-order valence-electron chi connectivity index (χ3n) is 0.846. The minimum atomic E-state index is -1.38. The van der Waals surface area contributed by atoms with Crippen LogP contribution in [0.1, 0.15) is 0 Å². The van der Waals surface area contributed by atoms with E-state index < -0.39 is 16.6 Å². The molecule has 0 aromatic carbocycles. The Hall–Kier alpha value is -0.0962.